The zero-order valence-electron chi connectivity index (χ0n) is 29.2. The minimum absolute atomic E-state index is 0. The van der Waals surface area contributed by atoms with Crippen molar-refractivity contribution < 1.29 is 52.8 Å². The Balaban J connectivity index is 0.000000272. The number of imidazole rings is 1. The molecule has 0 unspecified atom stereocenters. The monoisotopic (exact) mass is 939 g/mol. The Morgan fingerprint density at radius 3 is 1.92 bits per heavy atom. The summed E-state index contributed by atoms with van der Waals surface area (Å²) in [4.78, 5) is 13.8. The fourth-order valence-electron chi connectivity index (χ4n) is 5.52. The number of para-hydroxylation sites is 3. The van der Waals surface area contributed by atoms with E-state index in [9.17, 15) is 0 Å². The molecule has 2 aromatic heterocycles. The van der Waals surface area contributed by atoms with E-state index in [1.807, 2.05) is 97.3 Å². The molecule has 0 bridgehead atoms. The van der Waals surface area contributed by atoms with E-state index in [0.717, 1.165) is 56.2 Å². The molecule has 6 aromatic carbocycles. The zero-order valence-corrected chi connectivity index (χ0v) is 35.4. The van der Waals surface area contributed by atoms with Crippen LogP contribution in [0.1, 0.15) is 0 Å². The summed E-state index contributed by atoms with van der Waals surface area (Å²) < 4.78 is 2.17. The van der Waals surface area contributed by atoms with Crippen LogP contribution in [0.3, 0.4) is 0 Å². The van der Waals surface area contributed by atoms with Gasteiger partial charge in [-0.15, -0.1) is 60.2 Å². The van der Waals surface area contributed by atoms with Crippen LogP contribution in [0.4, 0.5) is 0 Å². The molecule has 8 heteroatoms. The number of benzene rings is 6. The maximum Gasteiger partial charge on any atom is 0.0815 e. The van der Waals surface area contributed by atoms with Crippen LogP contribution in [0.15, 0.2) is 152 Å². The van der Waals surface area contributed by atoms with E-state index in [1.54, 1.807) is 0 Å². The topological polar surface area (TPSA) is 43.6 Å². The molecule has 0 N–H and O–H groups in total. The van der Waals surface area contributed by atoms with E-state index in [-0.39, 0.29) is 61.2 Å². The number of nitrogens with zero attached hydrogens (tertiary/aromatic N) is 4. The molecule has 0 aliphatic carbocycles. The third kappa shape index (κ3) is 9.46. The first-order chi connectivity index (χ1) is 23.9. The van der Waals surface area contributed by atoms with Crippen molar-refractivity contribution in [2.75, 3.05) is 0 Å². The van der Waals surface area contributed by atoms with Crippen LogP contribution in [0.5, 0.6) is 0 Å². The quantitative estimate of drug-likeness (QED) is 0.123. The Kier molecular flexibility index (Phi) is 14.5. The van der Waals surface area contributed by atoms with Gasteiger partial charge in [0.05, 0.1) is 24.9 Å². The summed E-state index contributed by atoms with van der Waals surface area (Å²) in [6, 6.07) is 60.3. The van der Waals surface area contributed by atoms with Gasteiger partial charge >= 0.3 is 0 Å². The first-order valence-electron chi connectivity index (χ1n) is 16.3. The molecule has 2 heterocycles. The molecule has 0 aliphatic rings. The Bertz CT molecular complexity index is 2290. The van der Waals surface area contributed by atoms with E-state index in [0.29, 0.717) is 0 Å². The van der Waals surface area contributed by atoms with Crippen molar-refractivity contribution in [3.8, 4) is 50.7 Å². The van der Waals surface area contributed by atoms with Gasteiger partial charge < -0.3 is 15.6 Å². The molecule has 0 spiro atoms. The van der Waals surface area contributed by atoms with Gasteiger partial charge in [-0.05, 0) is 35.3 Å². The molecular formula is C44H34BIrN4SiY-4. The molecule has 8 aromatic rings. The van der Waals surface area contributed by atoms with Crippen molar-refractivity contribution in [1.29, 1.82) is 0 Å². The van der Waals surface area contributed by atoms with Gasteiger partial charge in [-0.3, -0.25) is 33.2 Å². The minimum atomic E-state index is -1.29. The predicted molar refractivity (Wildman–Crippen MR) is 209 cm³/mol. The number of hydrogen-bond acceptors (Lipinski definition) is 3. The van der Waals surface area contributed by atoms with Crippen molar-refractivity contribution in [3.63, 3.8) is 0 Å². The second-order valence-corrected chi connectivity index (χ2v) is 17.7. The maximum atomic E-state index is 4.94. The zero-order chi connectivity index (χ0) is 33.6. The van der Waals surface area contributed by atoms with E-state index in [2.05, 4.69) is 113 Å². The third-order valence-electron chi connectivity index (χ3n) is 8.21. The maximum absolute atomic E-state index is 4.94. The smallest absolute Gasteiger partial charge is 0.0815 e. The number of rotatable bonds is 6. The normalized spacial score (nSPS) is 10.5. The fourth-order valence-corrected chi connectivity index (χ4v) is 6.42. The van der Waals surface area contributed by atoms with Gasteiger partial charge in [0.1, 0.15) is 0 Å². The fraction of sp³-hybridized carbons (Fsp3) is 0.0682. The first kappa shape index (κ1) is 40.7. The predicted octanol–water partition coefficient (Wildman–Crippen LogP) is 9.53. The van der Waals surface area contributed by atoms with Crippen LogP contribution in [-0.4, -0.2) is 36.0 Å². The van der Waals surface area contributed by atoms with Crippen LogP contribution in [0, 0.1) is 24.3 Å². The molecule has 0 amide bonds. The summed E-state index contributed by atoms with van der Waals surface area (Å²) >= 11 is 0. The summed E-state index contributed by atoms with van der Waals surface area (Å²) in [5.41, 5.74) is 9.13. The molecule has 0 saturated heterocycles. The summed E-state index contributed by atoms with van der Waals surface area (Å²) in [6.07, 6.45) is 3.91. The first-order valence-corrected chi connectivity index (χ1v) is 19.8. The molecule has 0 aliphatic heterocycles. The average Bonchev–Trinajstić information content (AvgIpc) is 3.56. The molecule has 4 nitrogen and oxygen atoms in total. The molecular weight excluding hydrogens is 905 g/mol. The summed E-state index contributed by atoms with van der Waals surface area (Å²) in [7, 11) is -1.29. The standard InChI is InChI=1S/C31H19N2.C13H15N2Si.B.Ir.Y/c1-3-10-23(11-4-1)24-18-20-25(21-19-24)26-12-9-13-27(22-26)31-32-29-16-7-8-17-30(29)33(31)28-14-5-2-6-15-28;1-16(2,3)12-9-14-13(15-10-12)11-7-5-4-6-8-11;;;/h1-12,14-20H;4-7,9-10H,1-3H3;;;/q-3;-1;;;. The van der Waals surface area contributed by atoms with Crippen LogP contribution in [0.25, 0.3) is 61.8 Å². The molecule has 0 fully saturated rings. The van der Waals surface area contributed by atoms with E-state index < -0.39 is 8.07 Å². The Morgan fingerprint density at radius 1 is 0.596 bits per heavy atom. The van der Waals surface area contributed by atoms with Gasteiger partial charge in [-0.1, -0.05) is 91.4 Å². The van der Waals surface area contributed by atoms with Crippen LogP contribution in [-0.2, 0) is 52.8 Å². The molecule has 0 atom stereocenters. The molecule has 0 saturated carbocycles. The van der Waals surface area contributed by atoms with E-state index >= 15 is 0 Å². The molecule has 8 rings (SSSR count). The van der Waals surface area contributed by atoms with Crippen molar-refractivity contribution in [2.24, 2.45) is 0 Å². The van der Waals surface area contributed by atoms with Gasteiger partial charge in [0, 0.05) is 79.3 Å². The molecule has 253 valence electrons. The van der Waals surface area contributed by atoms with Gasteiger partial charge in [0.15, 0.2) is 0 Å². The van der Waals surface area contributed by atoms with Crippen molar-refractivity contribution in [2.45, 2.75) is 19.6 Å². The summed E-state index contributed by atoms with van der Waals surface area (Å²) in [5, 5.41) is 1.28. The van der Waals surface area contributed by atoms with Crippen molar-refractivity contribution in [3.05, 3.63) is 176 Å². The number of hydrogen-bond donors (Lipinski definition) is 0. The minimum Gasteiger partial charge on any atom is -0.374 e. The van der Waals surface area contributed by atoms with Crippen LogP contribution in [0.2, 0.25) is 19.6 Å². The van der Waals surface area contributed by atoms with Gasteiger partial charge in [-0.2, -0.15) is 5.56 Å². The number of fused-ring (bicyclic) bond motifs is 1. The van der Waals surface area contributed by atoms with Gasteiger partial charge in [0.25, 0.3) is 0 Å². The molecule has 5 radical (unpaired) electrons. The Labute approximate surface area is 348 Å². The summed E-state index contributed by atoms with van der Waals surface area (Å²) in [6.45, 7) is 6.88. The van der Waals surface area contributed by atoms with Gasteiger partial charge in [0.2, 0.25) is 0 Å². The van der Waals surface area contributed by atoms with Crippen molar-refractivity contribution in [1.82, 2.24) is 19.5 Å². The third-order valence-corrected chi connectivity index (χ3v) is 10.2. The largest absolute Gasteiger partial charge is 0.374 e. The van der Waals surface area contributed by atoms with Crippen LogP contribution < -0.4 is 5.19 Å². The van der Waals surface area contributed by atoms with Crippen molar-refractivity contribution >= 4 is 32.7 Å². The van der Waals surface area contributed by atoms with Crippen LogP contribution >= 0.6 is 0 Å². The average molecular weight is 939 g/mol. The number of aromatic nitrogens is 4. The van der Waals surface area contributed by atoms with E-state index in [4.69, 9.17) is 4.98 Å². The molecule has 52 heavy (non-hydrogen) atoms. The SMILES string of the molecule is C[Si](C)(C)c1cnc(-c2[c-]cccc2)nc1.[B].[Ir].[Y].[c-]1ccc(-c2[c-]cc(-c3ccccc3)cc2)[c-]c1-c1nc2ccccc2n1-c1ccccc1. The van der Waals surface area contributed by atoms with E-state index in [1.165, 1.54) is 10.8 Å². The van der Waals surface area contributed by atoms with Gasteiger partial charge in [-0.25, -0.2) is 6.07 Å². The Hall–Kier alpha value is -4.09. The second-order valence-electron chi connectivity index (χ2n) is 12.7. The second kappa shape index (κ2) is 18.6. The Morgan fingerprint density at radius 2 is 1.27 bits per heavy atom. The summed E-state index contributed by atoms with van der Waals surface area (Å²) in [5.74, 6) is 1.58.